The number of aliphatic carboxylic acids is 3. The molecule has 0 aromatic carbocycles. The Morgan fingerprint density at radius 1 is 0.952 bits per heavy atom. The molecular formula is C14H12O6S. The van der Waals surface area contributed by atoms with Crippen LogP contribution in [0.3, 0.4) is 0 Å². The van der Waals surface area contributed by atoms with E-state index in [1.54, 1.807) is 11.5 Å². The lowest BCUT2D eigenvalue weighted by Crippen LogP contribution is -2.07. The molecule has 0 bridgehead atoms. The normalized spacial score (nSPS) is 19.0. The zero-order valence-electron chi connectivity index (χ0n) is 10.7. The summed E-state index contributed by atoms with van der Waals surface area (Å²) < 4.78 is 0. The van der Waals surface area contributed by atoms with Gasteiger partial charge in [0.15, 0.2) is 0 Å². The predicted molar refractivity (Wildman–Crippen MR) is 77.9 cm³/mol. The van der Waals surface area contributed by atoms with Gasteiger partial charge in [0.05, 0.1) is 5.25 Å². The largest absolute Gasteiger partial charge is 0.478 e. The average molecular weight is 308 g/mol. The smallest absolute Gasteiger partial charge is 0.328 e. The molecule has 21 heavy (non-hydrogen) atoms. The highest BCUT2D eigenvalue weighted by molar-refractivity contribution is 8.03. The highest BCUT2D eigenvalue weighted by Gasteiger charge is 2.16. The molecule has 1 aliphatic rings. The summed E-state index contributed by atoms with van der Waals surface area (Å²) in [7, 11) is 0. The van der Waals surface area contributed by atoms with Gasteiger partial charge in [-0.05, 0) is 34.8 Å². The summed E-state index contributed by atoms with van der Waals surface area (Å²) in [6.07, 6.45) is 8.53. The first-order chi connectivity index (χ1) is 9.90. The van der Waals surface area contributed by atoms with Crippen LogP contribution in [0.2, 0.25) is 0 Å². The molecule has 1 heterocycles. The van der Waals surface area contributed by atoms with E-state index in [1.807, 2.05) is 0 Å². The van der Waals surface area contributed by atoms with Crippen molar-refractivity contribution >= 4 is 29.7 Å². The number of hydrogen-bond donors (Lipinski definition) is 3. The number of carbonyl (C=O) groups is 3. The molecule has 0 saturated heterocycles. The highest BCUT2D eigenvalue weighted by Crippen LogP contribution is 2.31. The number of thioether (sulfide) groups is 1. The van der Waals surface area contributed by atoms with E-state index in [0.717, 1.165) is 18.2 Å². The van der Waals surface area contributed by atoms with Gasteiger partial charge in [-0.3, -0.25) is 0 Å². The first-order valence-electron chi connectivity index (χ1n) is 5.69. The molecule has 1 atom stereocenters. The van der Waals surface area contributed by atoms with E-state index < -0.39 is 23.2 Å². The van der Waals surface area contributed by atoms with Crippen LogP contribution in [0.5, 0.6) is 0 Å². The highest BCUT2D eigenvalue weighted by atomic mass is 32.2. The van der Waals surface area contributed by atoms with Crippen LogP contribution >= 0.6 is 11.8 Å². The summed E-state index contributed by atoms with van der Waals surface area (Å²) in [5.74, 6) is -3.40. The van der Waals surface area contributed by atoms with Gasteiger partial charge in [0.2, 0.25) is 0 Å². The van der Waals surface area contributed by atoms with Crippen molar-refractivity contribution in [3.05, 3.63) is 59.1 Å². The van der Waals surface area contributed by atoms with Crippen LogP contribution in [0.15, 0.2) is 59.1 Å². The van der Waals surface area contributed by atoms with Gasteiger partial charge in [0.1, 0.15) is 0 Å². The van der Waals surface area contributed by atoms with E-state index in [9.17, 15) is 14.4 Å². The Labute approximate surface area is 124 Å². The van der Waals surface area contributed by atoms with E-state index in [2.05, 4.69) is 0 Å². The van der Waals surface area contributed by atoms with Crippen LogP contribution in [0.25, 0.3) is 0 Å². The van der Waals surface area contributed by atoms with Crippen LogP contribution in [-0.2, 0) is 14.4 Å². The van der Waals surface area contributed by atoms with Crippen molar-refractivity contribution in [3.8, 4) is 0 Å². The van der Waals surface area contributed by atoms with Crippen LogP contribution in [0.1, 0.15) is 0 Å². The minimum absolute atomic E-state index is 0.407. The van der Waals surface area contributed by atoms with E-state index in [1.165, 1.54) is 30.0 Å². The van der Waals surface area contributed by atoms with Crippen LogP contribution in [0, 0.1) is 0 Å². The predicted octanol–water partition coefficient (Wildman–Crippen LogP) is 1.83. The van der Waals surface area contributed by atoms with Crippen molar-refractivity contribution in [2.75, 3.05) is 0 Å². The van der Waals surface area contributed by atoms with Gasteiger partial charge in [-0.2, -0.15) is 0 Å². The topological polar surface area (TPSA) is 112 Å². The third-order valence-electron chi connectivity index (χ3n) is 2.34. The van der Waals surface area contributed by atoms with Crippen LogP contribution < -0.4 is 0 Å². The van der Waals surface area contributed by atoms with Gasteiger partial charge >= 0.3 is 17.9 Å². The zero-order valence-corrected chi connectivity index (χ0v) is 11.5. The Kier molecular flexibility index (Phi) is 6.22. The van der Waals surface area contributed by atoms with Gasteiger partial charge in [0.25, 0.3) is 0 Å². The first-order valence-corrected chi connectivity index (χ1v) is 6.63. The lowest BCUT2D eigenvalue weighted by Gasteiger charge is -2.18. The summed E-state index contributed by atoms with van der Waals surface area (Å²) in [6, 6.07) is 0. The van der Waals surface area contributed by atoms with Crippen molar-refractivity contribution in [2.45, 2.75) is 5.25 Å². The zero-order chi connectivity index (χ0) is 15.8. The molecule has 6 nitrogen and oxygen atoms in total. The van der Waals surface area contributed by atoms with E-state index >= 15 is 0 Å². The molecule has 1 unspecified atom stereocenters. The minimum Gasteiger partial charge on any atom is -0.478 e. The Bertz CT molecular complexity index is 595. The fourth-order valence-corrected chi connectivity index (χ4v) is 2.44. The third-order valence-corrected chi connectivity index (χ3v) is 3.33. The molecular weight excluding hydrogens is 296 g/mol. The molecule has 0 radical (unpaired) electrons. The average Bonchev–Trinajstić information content (AvgIpc) is 2.40. The molecule has 0 saturated carbocycles. The molecule has 0 aromatic heterocycles. The van der Waals surface area contributed by atoms with Crippen molar-refractivity contribution in [1.29, 1.82) is 0 Å². The number of rotatable bonds is 6. The lowest BCUT2D eigenvalue weighted by molar-refractivity contribution is -0.132. The molecule has 1 rings (SSSR count). The molecule has 0 spiro atoms. The monoisotopic (exact) mass is 308 g/mol. The minimum atomic E-state index is -1.15. The van der Waals surface area contributed by atoms with Gasteiger partial charge < -0.3 is 15.3 Å². The Morgan fingerprint density at radius 3 is 2.10 bits per heavy atom. The van der Waals surface area contributed by atoms with Gasteiger partial charge in [-0.15, -0.1) is 11.8 Å². The van der Waals surface area contributed by atoms with Crippen molar-refractivity contribution in [2.24, 2.45) is 0 Å². The number of carboxylic acid groups (broad SMARTS) is 3. The standard InChI is InChI=1S/C14H12O6S/c15-12(16)4-1-9-7-8-21-11(3-6-14(19)20)10(9)2-5-13(17)18/h1-8,11H,(H,15,16)(H,17,18)(H,19,20). The summed E-state index contributed by atoms with van der Waals surface area (Å²) in [5.41, 5.74) is 1.02. The molecule has 1 aliphatic heterocycles. The molecule has 0 amide bonds. The Morgan fingerprint density at radius 2 is 1.52 bits per heavy atom. The second-order valence-corrected chi connectivity index (χ2v) is 4.86. The lowest BCUT2D eigenvalue weighted by atomic mass is 10.0. The maximum absolute atomic E-state index is 10.6. The van der Waals surface area contributed by atoms with Crippen molar-refractivity contribution in [3.63, 3.8) is 0 Å². The molecule has 0 fully saturated rings. The summed E-state index contributed by atoms with van der Waals surface area (Å²) >= 11 is 1.29. The van der Waals surface area contributed by atoms with Crippen molar-refractivity contribution < 1.29 is 29.7 Å². The maximum atomic E-state index is 10.6. The van der Waals surface area contributed by atoms with Crippen molar-refractivity contribution in [1.82, 2.24) is 0 Å². The fraction of sp³-hybridized carbons (Fsp3) is 0.0714. The quantitative estimate of drug-likeness (QED) is 0.642. The molecule has 110 valence electrons. The Hall–Kier alpha value is -2.54. The fourth-order valence-electron chi connectivity index (χ4n) is 1.51. The molecule has 0 aromatic rings. The van der Waals surface area contributed by atoms with E-state index in [-0.39, 0.29) is 0 Å². The number of allylic oxidation sites excluding steroid dienone is 4. The van der Waals surface area contributed by atoms with Crippen LogP contribution in [0.4, 0.5) is 0 Å². The van der Waals surface area contributed by atoms with Gasteiger partial charge in [-0.25, -0.2) is 14.4 Å². The molecule has 7 heteroatoms. The summed E-state index contributed by atoms with van der Waals surface area (Å²) in [6.45, 7) is 0. The van der Waals surface area contributed by atoms with Gasteiger partial charge in [-0.1, -0.05) is 6.08 Å². The third kappa shape index (κ3) is 5.96. The summed E-state index contributed by atoms with van der Waals surface area (Å²) in [5, 5.41) is 27.3. The van der Waals surface area contributed by atoms with Crippen LogP contribution in [-0.4, -0.2) is 38.5 Å². The van der Waals surface area contributed by atoms with E-state index in [0.29, 0.717) is 11.1 Å². The summed E-state index contributed by atoms with van der Waals surface area (Å²) in [4.78, 5) is 31.8. The maximum Gasteiger partial charge on any atom is 0.328 e. The molecule has 0 aliphatic carbocycles. The Balaban J connectivity index is 3.20. The van der Waals surface area contributed by atoms with Gasteiger partial charge in [0, 0.05) is 18.2 Å². The number of hydrogen-bond acceptors (Lipinski definition) is 4. The SMILES string of the molecule is O=C(O)C=CC1=C(C=CC(=O)O)C(C=CC(=O)O)SC=C1. The van der Waals surface area contributed by atoms with E-state index in [4.69, 9.17) is 15.3 Å². The first kappa shape index (κ1) is 16.5. The molecule has 3 N–H and O–H groups in total. The number of carboxylic acids is 3. The second-order valence-electron chi connectivity index (χ2n) is 3.81. The second kappa shape index (κ2) is 7.91.